The predicted octanol–water partition coefficient (Wildman–Crippen LogP) is 2.71. The van der Waals surface area contributed by atoms with Crippen LogP contribution < -0.4 is 30.9 Å². The van der Waals surface area contributed by atoms with Crippen LogP contribution in [0.5, 0.6) is 11.8 Å². The number of urea groups is 1. The van der Waals surface area contributed by atoms with Gasteiger partial charge in [-0.3, -0.25) is 14.5 Å². The fraction of sp³-hybridized carbons (Fsp3) is 0.393. The van der Waals surface area contributed by atoms with E-state index in [-0.39, 0.29) is 53.3 Å². The molecule has 4 heterocycles. The molecule has 1 aromatic heterocycles. The highest BCUT2D eigenvalue weighted by atomic mass is 32.2. The molecule has 5 atom stereocenters. The van der Waals surface area contributed by atoms with Gasteiger partial charge in [0.15, 0.2) is 0 Å². The first-order valence-electron chi connectivity index (χ1n) is 13.5. The highest BCUT2D eigenvalue weighted by molar-refractivity contribution is 8.04. The van der Waals surface area contributed by atoms with Gasteiger partial charge in [-0.15, -0.1) is 0 Å². The number of hydrogen-bond acceptors (Lipinski definition) is 8. The van der Waals surface area contributed by atoms with Crippen molar-refractivity contribution < 1.29 is 19.1 Å². The number of rotatable bonds is 7. The minimum Gasteiger partial charge on any atom is -0.424 e. The Morgan fingerprint density at radius 3 is 2.70 bits per heavy atom. The monoisotopic (exact) mass is 561 g/mol. The zero-order valence-electron chi connectivity index (χ0n) is 22.1. The topological polar surface area (TPSA) is 138 Å². The summed E-state index contributed by atoms with van der Waals surface area (Å²) < 4.78 is 5.77. The van der Waals surface area contributed by atoms with Crippen molar-refractivity contribution in [2.75, 3.05) is 11.4 Å². The van der Waals surface area contributed by atoms with Gasteiger partial charge >= 0.3 is 12.0 Å². The van der Waals surface area contributed by atoms with Crippen molar-refractivity contribution in [2.45, 2.75) is 56.1 Å². The second kappa shape index (κ2) is 10.9. The van der Waals surface area contributed by atoms with E-state index >= 15 is 0 Å². The molecule has 40 heavy (non-hydrogen) atoms. The lowest BCUT2D eigenvalue weighted by atomic mass is 9.86. The Morgan fingerprint density at radius 1 is 1.18 bits per heavy atom. The van der Waals surface area contributed by atoms with E-state index in [1.807, 2.05) is 24.0 Å². The largest absolute Gasteiger partial charge is 0.424 e. The average molecular weight is 562 g/mol. The zero-order chi connectivity index (χ0) is 27.8. The Hall–Kier alpha value is -3.90. The van der Waals surface area contributed by atoms with Crippen LogP contribution >= 0.6 is 11.8 Å². The summed E-state index contributed by atoms with van der Waals surface area (Å²) in [5, 5.41) is 12.6. The maximum absolute atomic E-state index is 13.6. The van der Waals surface area contributed by atoms with E-state index in [9.17, 15) is 14.4 Å². The Balaban J connectivity index is 1.22. The lowest BCUT2D eigenvalue weighted by Crippen LogP contribution is -2.62. The molecular weight excluding hydrogens is 530 g/mol. The number of aromatic nitrogens is 2. The quantitative estimate of drug-likeness (QED) is 0.379. The normalized spacial score (nSPS) is 27.1. The molecule has 0 bridgehead atoms. The highest BCUT2D eigenvalue weighted by Crippen LogP contribution is 2.48. The Morgan fingerprint density at radius 2 is 1.95 bits per heavy atom. The van der Waals surface area contributed by atoms with E-state index in [0.29, 0.717) is 16.4 Å². The first-order valence-corrected chi connectivity index (χ1v) is 14.3. The van der Waals surface area contributed by atoms with Crippen molar-refractivity contribution in [3.05, 3.63) is 65.5 Å². The maximum atomic E-state index is 13.6. The fourth-order valence-corrected chi connectivity index (χ4v) is 7.49. The van der Waals surface area contributed by atoms with Crippen LogP contribution in [-0.4, -0.2) is 57.9 Å². The summed E-state index contributed by atoms with van der Waals surface area (Å²) in [7, 11) is 0. The summed E-state index contributed by atoms with van der Waals surface area (Å²) in [6.45, 7) is 6.19. The summed E-state index contributed by atoms with van der Waals surface area (Å²) >= 11 is 1.47. The first-order chi connectivity index (χ1) is 19.4. The zero-order valence-corrected chi connectivity index (χ0v) is 22.9. The van der Waals surface area contributed by atoms with Crippen LogP contribution in [0.15, 0.2) is 59.9 Å². The summed E-state index contributed by atoms with van der Waals surface area (Å²) in [5.74, 6) is 0.0577. The number of benzene rings is 1. The number of piperidine rings is 1. The molecule has 6 rings (SSSR count). The second-order valence-electron chi connectivity index (χ2n) is 10.3. The Bertz CT molecular complexity index is 1380. The molecule has 11 nitrogen and oxygen atoms in total. The van der Waals surface area contributed by atoms with Gasteiger partial charge < -0.3 is 26.0 Å². The van der Waals surface area contributed by atoms with Crippen LogP contribution in [0.1, 0.15) is 31.2 Å². The molecule has 3 fully saturated rings. The molecule has 3 aliphatic heterocycles. The number of amides is 4. The Labute approximate surface area is 236 Å². The van der Waals surface area contributed by atoms with Crippen molar-refractivity contribution in [3.63, 3.8) is 0 Å². The van der Waals surface area contributed by atoms with Crippen LogP contribution in [0, 0.1) is 12.8 Å². The van der Waals surface area contributed by atoms with E-state index < -0.39 is 0 Å². The maximum Gasteiger partial charge on any atom is 0.326 e. The molecule has 12 heteroatoms. The lowest BCUT2D eigenvalue weighted by Gasteiger charge is -2.46. The summed E-state index contributed by atoms with van der Waals surface area (Å²) in [6.07, 6.45) is 7.71. The number of aryl methyl sites for hydroxylation is 1. The Kier molecular flexibility index (Phi) is 7.20. The van der Waals surface area contributed by atoms with Crippen molar-refractivity contribution >= 4 is 35.3 Å². The molecule has 4 N–H and O–H groups in total. The third kappa shape index (κ3) is 4.92. The van der Waals surface area contributed by atoms with E-state index in [1.165, 1.54) is 17.8 Å². The molecule has 208 valence electrons. The third-order valence-electron chi connectivity index (χ3n) is 7.87. The second-order valence-corrected chi connectivity index (χ2v) is 11.5. The molecule has 2 saturated heterocycles. The molecule has 1 saturated carbocycles. The van der Waals surface area contributed by atoms with Gasteiger partial charge in [0, 0.05) is 41.8 Å². The fourth-order valence-electron chi connectivity index (χ4n) is 6.09. The number of thioether (sulfide) groups is 1. The lowest BCUT2D eigenvalue weighted by molar-refractivity contribution is -0.119. The molecule has 4 aliphatic rings. The SMILES string of the molecule is C=CC(=O)N[C@H]1CCC[C@H]1NC(=O)C1=C2NC(=O)N(c3ccc(Oc4ncccn4)cc3C)C3CCNC(S1)C23. The molecule has 3 unspecified atom stereocenters. The van der Waals surface area contributed by atoms with Crippen molar-refractivity contribution in [2.24, 2.45) is 5.92 Å². The van der Waals surface area contributed by atoms with Gasteiger partial charge in [0.2, 0.25) is 5.91 Å². The van der Waals surface area contributed by atoms with Gasteiger partial charge in [-0.2, -0.15) is 0 Å². The van der Waals surface area contributed by atoms with Gasteiger partial charge in [0.25, 0.3) is 5.91 Å². The van der Waals surface area contributed by atoms with Gasteiger partial charge in [-0.25, -0.2) is 14.8 Å². The number of nitrogens with zero attached hydrogens (tertiary/aromatic N) is 3. The van der Waals surface area contributed by atoms with Crippen molar-refractivity contribution in [1.29, 1.82) is 0 Å². The molecule has 1 aliphatic carbocycles. The van der Waals surface area contributed by atoms with Crippen LogP contribution in [0.2, 0.25) is 0 Å². The van der Waals surface area contributed by atoms with Crippen LogP contribution in [-0.2, 0) is 9.59 Å². The first kappa shape index (κ1) is 26.3. The summed E-state index contributed by atoms with van der Waals surface area (Å²) in [4.78, 5) is 49.5. The summed E-state index contributed by atoms with van der Waals surface area (Å²) in [5.41, 5.74) is 2.34. The minimum atomic E-state index is -0.259. The molecule has 2 aromatic rings. The average Bonchev–Trinajstić information content (AvgIpc) is 3.55. The molecule has 4 amide bonds. The van der Waals surface area contributed by atoms with Crippen LogP contribution in [0.4, 0.5) is 10.5 Å². The smallest absolute Gasteiger partial charge is 0.326 e. The number of carbonyl (C=O) groups excluding carboxylic acids is 3. The van der Waals surface area contributed by atoms with Crippen molar-refractivity contribution in [3.8, 4) is 11.8 Å². The van der Waals surface area contributed by atoms with E-state index in [2.05, 4.69) is 37.8 Å². The minimum absolute atomic E-state index is 0.0319. The predicted molar refractivity (Wildman–Crippen MR) is 151 cm³/mol. The van der Waals surface area contributed by atoms with Crippen LogP contribution in [0.3, 0.4) is 0 Å². The molecular formula is C28H31N7O4S. The van der Waals surface area contributed by atoms with Crippen LogP contribution in [0.25, 0.3) is 0 Å². The van der Waals surface area contributed by atoms with E-state index in [1.54, 1.807) is 24.5 Å². The number of nitrogens with one attached hydrogen (secondary N) is 4. The number of anilines is 1. The van der Waals surface area contributed by atoms with E-state index in [4.69, 9.17) is 4.74 Å². The third-order valence-corrected chi connectivity index (χ3v) is 9.23. The van der Waals surface area contributed by atoms with Gasteiger partial charge in [0.05, 0.1) is 16.3 Å². The summed E-state index contributed by atoms with van der Waals surface area (Å²) in [6, 6.07) is 6.85. The number of carbonyl (C=O) groups is 3. The van der Waals surface area contributed by atoms with Gasteiger partial charge in [-0.05, 0) is 75.1 Å². The van der Waals surface area contributed by atoms with E-state index in [0.717, 1.165) is 43.5 Å². The number of ether oxygens (including phenoxy) is 1. The molecule has 0 radical (unpaired) electrons. The van der Waals surface area contributed by atoms with Crippen molar-refractivity contribution in [1.82, 2.24) is 31.2 Å². The molecule has 1 aromatic carbocycles. The van der Waals surface area contributed by atoms with Gasteiger partial charge in [0.1, 0.15) is 5.75 Å². The number of hydrogen-bond donors (Lipinski definition) is 4. The highest BCUT2D eigenvalue weighted by Gasteiger charge is 2.52. The van der Waals surface area contributed by atoms with Gasteiger partial charge in [-0.1, -0.05) is 18.3 Å². The standard InChI is InChI=1S/C28H31N7O4S/c1-3-21(36)32-17-6-4-7-18(17)33-25(37)24-23-22-20(10-13-29-26(22)40-24)35(28(38)34-23)19-9-8-16(14-15(19)2)39-27-30-11-5-12-31-27/h3,5,8-9,11-12,14,17-18,20,22,26,29H,1,4,6-7,10,13H2,2H3,(H,32,36)(H,33,37)(H,34,38)/t17-,18+,20?,22?,26?/m0/s1. The molecule has 0 spiro atoms.